The highest BCUT2D eigenvalue weighted by atomic mass is 16.7. The monoisotopic (exact) mass is 389 g/mol. The van der Waals surface area contributed by atoms with Crippen LogP contribution < -0.4 is 0 Å². The first kappa shape index (κ1) is 21.0. The number of benzene rings is 1. The van der Waals surface area contributed by atoms with Crippen molar-refractivity contribution in [2.24, 2.45) is 0 Å². The van der Waals surface area contributed by atoms with E-state index < -0.39 is 0 Å². The van der Waals surface area contributed by atoms with Crippen LogP contribution in [-0.2, 0) is 31.8 Å². The average molecular weight is 389 g/mol. The fourth-order valence-corrected chi connectivity index (χ4v) is 4.01. The second kappa shape index (κ2) is 9.18. The first-order valence-electron chi connectivity index (χ1n) is 9.78. The third-order valence-electron chi connectivity index (χ3n) is 5.45. The molecule has 0 aromatic heterocycles. The largest absolute Gasteiger partial charge is 0.383 e. The van der Waals surface area contributed by atoms with E-state index in [4.69, 9.17) is 18.9 Å². The highest BCUT2D eigenvalue weighted by Crippen LogP contribution is 2.30. The summed E-state index contributed by atoms with van der Waals surface area (Å²) < 4.78 is 23.3. The van der Waals surface area contributed by atoms with Crippen LogP contribution in [-0.4, -0.2) is 69.7 Å². The van der Waals surface area contributed by atoms with E-state index in [0.717, 1.165) is 12.8 Å². The molecule has 0 spiro atoms. The van der Waals surface area contributed by atoms with Crippen molar-refractivity contribution in [1.82, 2.24) is 4.90 Å². The van der Waals surface area contributed by atoms with Gasteiger partial charge < -0.3 is 23.8 Å². The number of carbonyl (C=O) groups is 1. The smallest absolute Gasteiger partial charge is 0.187 e. The SMILES string of the molecule is CO[C@H]1[C@H](C)O[C@@H](OC2Cc3ccc(C(=O)/C=C/N(C)C)cc3C2)C[C@@H]1OC. The van der Waals surface area contributed by atoms with Crippen molar-refractivity contribution >= 4 is 5.78 Å². The molecule has 1 unspecified atom stereocenters. The molecule has 1 saturated heterocycles. The summed E-state index contributed by atoms with van der Waals surface area (Å²) in [6.45, 7) is 1.98. The Morgan fingerprint density at radius 3 is 2.61 bits per heavy atom. The number of allylic oxidation sites excluding steroid dienone is 1. The molecular weight excluding hydrogens is 358 g/mol. The number of carbonyl (C=O) groups excluding carboxylic acids is 1. The van der Waals surface area contributed by atoms with Crippen molar-refractivity contribution in [3.05, 3.63) is 47.2 Å². The molecule has 154 valence electrons. The maximum Gasteiger partial charge on any atom is 0.187 e. The van der Waals surface area contributed by atoms with Crippen molar-refractivity contribution in [3.8, 4) is 0 Å². The predicted octanol–water partition coefficient (Wildman–Crippen LogP) is 2.59. The van der Waals surface area contributed by atoms with Crippen LogP contribution in [0.3, 0.4) is 0 Å². The number of nitrogens with zero attached hydrogens (tertiary/aromatic N) is 1. The summed E-state index contributed by atoms with van der Waals surface area (Å²) in [5.41, 5.74) is 3.12. The van der Waals surface area contributed by atoms with Gasteiger partial charge in [0.05, 0.1) is 18.3 Å². The lowest BCUT2D eigenvalue weighted by atomic mass is 10.0. The zero-order chi connectivity index (χ0) is 20.3. The molecule has 3 rings (SSSR count). The van der Waals surface area contributed by atoms with E-state index >= 15 is 0 Å². The molecule has 1 aliphatic carbocycles. The third-order valence-corrected chi connectivity index (χ3v) is 5.45. The van der Waals surface area contributed by atoms with Crippen LogP contribution in [0.5, 0.6) is 0 Å². The number of methoxy groups -OCH3 is 2. The van der Waals surface area contributed by atoms with E-state index in [1.165, 1.54) is 11.1 Å². The Morgan fingerprint density at radius 1 is 1.18 bits per heavy atom. The maximum absolute atomic E-state index is 12.3. The lowest BCUT2D eigenvalue weighted by Crippen LogP contribution is -2.50. The van der Waals surface area contributed by atoms with Gasteiger partial charge in [-0.05, 0) is 37.0 Å². The fourth-order valence-electron chi connectivity index (χ4n) is 4.01. The topological polar surface area (TPSA) is 57.2 Å². The van der Waals surface area contributed by atoms with Gasteiger partial charge in [-0.2, -0.15) is 0 Å². The van der Waals surface area contributed by atoms with E-state index in [-0.39, 0.29) is 36.5 Å². The molecule has 1 aromatic carbocycles. The first-order chi connectivity index (χ1) is 13.4. The normalized spacial score (nSPS) is 29.8. The summed E-state index contributed by atoms with van der Waals surface area (Å²) in [6.07, 6.45) is 5.13. The molecule has 0 saturated carbocycles. The second-order valence-corrected chi connectivity index (χ2v) is 7.77. The van der Waals surface area contributed by atoms with E-state index in [1.54, 1.807) is 26.5 Å². The van der Waals surface area contributed by atoms with Crippen LogP contribution in [0, 0.1) is 0 Å². The Morgan fingerprint density at radius 2 is 1.93 bits per heavy atom. The lowest BCUT2D eigenvalue weighted by Gasteiger charge is -2.39. The van der Waals surface area contributed by atoms with Crippen molar-refractivity contribution in [2.45, 2.75) is 56.9 Å². The van der Waals surface area contributed by atoms with Gasteiger partial charge in [0.1, 0.15) is 6.10 Å². The molecule has 5 atom stereocenters. The fraction of sp³-hybridized carbons (Fsp3) is 0.591. The zero-order valence-electron chi connectivity index (χ0n) is 17.4. The number of hydrogen-bond donors (Lipinski definition) is 0. The van der Waals surface area contributed by atoms with Gasteiger partial charge in [0, 0.05) is 52.6 Å². The van der Waals surface area contributed by atoms with Crippen molar-refractivity contribution in [2.75, 3.05) is 28.3 Å². The minimum absolute atomic E-state index is 0.0128. The van der Waals surface area contributed by atoms with Gasteiger partial charge >= 0.3 is 0 Å². The summed E-state index contributed by atoms with van der Waals surface area (Å²) >= 11 is 0. The molecule has 28 heavy (non-hydrogen) atoms. The van der Waals surface area contributed by atoms with Crippen LogP contribution in [0.4, 0.5) is 0 Å². The molecule has 1 fully saturated rings. The van der Waals surface area contributed by atoms with Gasteiger partial charge in [0.2, 0.25) is 0 Å². The Kier molecular flexibility index (Phi) is 6.88. The van der Waals surface area contributed by atoms with Crippen LogP contribution in [0.25, 0.3) is 0 Å². The molecule has 0 amide bonds. The van der Waals surface area contributed by atoms with Crippen LogP contribution in [0.15, 0.2) is 30.5 Å². The van der Waals surface area contributed by atoms with Crippen LogP contribution >= 0.6 is 0 Å². The summed E-state index contributed by atoms with van der Waals surface area (Å²) in [7, 11) is 7.16. The molecule has 1 aromatic rings. The van der Waals surface area contributed by atoms with Crippen molar-refractivity contribution in [3.63, 3.8) is 0 Å². The van der Waals surface area contributed by atoms with Crippen LogP contribution in [0.1, 0.15) is 34.8 Å². The zero-order valence-corrected chi connectivity index (χ0v) is 17.4. The third kappa shape index (κ3) is 4.81. The highest BCUT2D eigenvalue weighted by molar-refractivity contribution is 6.04. The van der Waals surface area contributed by atoms with Gasteiger partial charge in [-0.1, -0.05) is 12.1 Å². The number of hydrogen-bond acceptors (Lipinski definition) is 6. The Hall–Kier alpha value is -1.73. The number of rotatable bonds is 7. The van der Waals surface area contributed by atoms with Gasteiger partial charge in [-0.25, -0.2) is 0 Å². The summed E-state index contributed by atoms with van der Waals surface area (Å²) in [5.74, 6) is 0.0128. The molecule has 0 bridgehead atoms. The minimum atomic E-state index is -0.310. The predicted molar refractivity (Wildman–Crippen MR) is 106 cm³/mol. The number of ketones is 1. The minimum Gasteiger partial charge on any atom is -0.383 e. The Bertz CT molecular complexity index is 717. The summed E-state index contributed by atoms with van der Waals surface area (Å²) in [5, 5.41) is 0. The van der Waals surface area contributed by atoms with E-state index in [9.17, 15) is 4.79 Å². The second-order valence-electron chi connectivity index (χ2n) is 7.77. The van der Waals surface area contributed by atoms with Gasteiger partial charge in [-0.3, -0.25) is 4.79 Å². The molecule has 0 radical (unpaired) electrons. The summed E-state index contributed by atoms with van der Waals surface area (Å²) in [6, 6.07) is 5.93. The molecule has 2 aliphatic rings. The van der Waals surface area contributed by atoms with E-state index in [1.807, 2.05) is 44.1 Å². The quantitative estimate of drug-likeness (QED) is 0.528. The number of fused-ring (bicyclic) bond motifs is 1. The Labute approximate surface area is 167 Å². The molecule has 1 heterocycles. The first-order valence-corrected chi connectivity index (χ1v) is 9.78. The van der Waals surface area contributed by atoms with Gasteiger partial charge in [-0.15, -0.1) is 0 Å². The molecule has 1 aliphatic heterocycles. The molecule has 0 N–H and O–H groups in total. The highest BCUT2D eigenvalue weighted by Gasteiger charge is 2.39. The maximum atomic E-state index is 12.3. The van der Waals surface area contributed by atoms with E-state index in [2.05, 4.69) is 0 Å². The van der Waals surface area contributed by atoms with Crippen molar-refractivity contribution < 1.29 is 23.7 Å². The lowest BCUT2D eigenvalue weighted by molar-refractivity contribution is -0.265. The van der Waals surface area contributed by atoms with Crippen LogP contribution in [0.2, 0.25) is 0 Å². The van der Waals surface area contributed by atoms with E-state index in [0.29, 0.717) is 12.0 Å². The van der Waals surface area contributed by atoms with Gasteiger partial charge in [0.25, 0.3) is 0 Å². The number of ether oxygens (including phenoxy) is 4. The average Bonchev–Trinajstić information content (AvgIpc) is 3.06. The Balaban J connectivity index is 1.61. The standard InChI is InChI=1S/C22H31NO5/c1-14-22(26-5)20(25-4)13-21(27-14)28-18-11-15-6-7-16(10-17(15)12-18)19(24)8-9-23(2)3/h6-10,14,18,20-22H,11-13H2,1-5H3/b9-8+/t14-,18?,20-,21-,22-/m0/s1. The van der Waals surface area contributed by atoms with Gasteiger partial charge in [0.15, 0.2) is 12.1 Å². The summed E-state index contributed by atoms with van der Waals surface area (Å²) in [4.78, 5) is 14.2. The molecular formula is C22H31NO5. The molecule has 6 heteroatoms. The van der Waals surface area contributed by atoms with Crippen molar-refractivity contribution in [1.29, 1.82) is 0 Å². The molecule has 6 nitrogen and oxygen atoms in total.